The first-order valence-electron chi connectivity index (χ1n) is 7.54. The molecular weight excluding hydrogens is 274 g/mol. The molecule has 2 atom stereocenters. The van der Waals surface area contributed by atoms with Crippen molar-refractivity contribution in [2.24, 2.45) is 11.8 Å². The van der Waals surface area contributed by atoms with E-state index in [0.717, 1.165) is 19.3 Å². The summed E-state index contributed by atoms with van der Waals surface area (Å²) in [6.45, 7) is 3.15. The summed E-state index contributed by atoms with van der Waals surface area (Å²) in [5, 5.41) is 14.6. The maximum absolute atomic E-state index is 12.0. The molecule has 0 bridgehead atoms. The van der Waals surface area contributed by atoms with Crippen LogP contribution in [0.2, 0.25) is 0 Å². The number of aliphatic carboxylic acids is 1. The highest BCUT2D eigenvalue weighted by Crippen LogP contribution is 2.28. The Bertz CT molecular complexity index is 422. The van der Waals surface area contributed by atoms with Gasteiger partial charge in [-0.25, -0.2) is 9.59 Å². The maximum Gasteiger partial charge on any atom is 0.326 e. The zero-order chi connectivity index (χ0) is 15.4. The number of urea groups is 1. The number of hydrogen-bond donors (Lipinski definition) is 3. The molecule has 7 heteroatoms. The summed E-state index contributed by atoms with van der Waals surface area (Å²) in [4.78, 5) is 36.1. The lowest BCUT2D eigenvalue weighted by molar-refractivity contribution is -0.143. The summed E-state index contributed by atoms with van der Waals surface area (Å²) in [5.41, 5.74) is 0. The number of carbonyl (C=O) groups is 3. The third kappa shape index (κ3) is 4.34. The van der Waals surface area contributed by atoms with Crippen LogP contribution in [0.4, 0.5) is 4.79 Å². The van der Waals surface area contributed by atoms with Gasteiger partial charge in [0.2, 0.25) is 5.91 Å². The molecule has 2 aliphatic rings. The lowest BCUT2D eigenvalue weighted by Crippen LogP contribution is -2.54. The van der Waals surface area contributed by atoms with Gasteiger partial charge in [0.25, 0.3) is 0 Å². The van der Waals surface area contributed by atoms with Crippen LogP contribution in [0.25, 0.3) is 0 Å². The van der Waals surface area contributed by atoms with Gasteiger partial charge in [-0.3, -0.25) is 4.79 Å². The second kappa shape index (κ2) is 6.78. The Hall–Kier alpha value is -1.79. The molecule has 3 amide bonds. The summed E-state index contributed by atoms with van der Waals surface area (Å²) in [6, 6.07) is -1.12. The number of hydrogen-bond acceptors (Lipinski definition) is 3. The molecule has 1 aliphatic heterocycles. The van der Waals surface area contributed by atoms with Crippen LogP contribution < -0.4 is 10.6 Å². The fourth-order valence-electron chi connectivity index (χ4n) is 2.57. The van der Waals surface area contributed by atoms with Crippen molar-refractivity contribution < 1.29 is 19.5 Å². The lowest BCUT2D eigenvalue weighted by atomic mass is 9.93. The van der Waals surface area contributed by atoms with Gasteiger partial charge in [-0.2, -0.15) is 0 Å². The van der Waals surface area contributed by atoms with Crippen molar-refractivity contribution in [3.63, 3.8) is 0 Å². The van der Waals surface area contributed by atoms with E-state index in [-0.39, 0.29) is 17.9 Å². The maximum atomic E-state index is 12.0. The highest BCUT2D eigenvalue weighted by molar-refractivity contribution is 5.83. The molecule has 1 saturated carbocycles. The third-order valence-corrected chi connectivity index (χ3v) is 4.06. The molecule has 2 unspecified atom stereocenters. The first kappa shape index (κ1) is 15.6. The first-order valence-corrected chi connectivity index (χ1v) is 7.54. The van der Waals surface area contributed by atoms with Gasteiger partial charge in [0, 0.05) is 25.6 Å². The van der Waals surface area contributed by atoms with E-state index in [0.29, 0.717) is 32.0 Å². The average Bonchev–Trinajstić information content (AvgIpc) is 3.27. The van der Waals surface area contributed by atoms with E-state index in [1.54, 1.807) is 0 Å². The number of carboxylic acid groups (broad SMARTS) is 1. The second-order valence-electron chi connectivity index (χ2n) is 5.97. The van der Waals surface area contributed by atoms with Crippen LogP contribution in [-0.4, -0.2) is 53.6 Å². The molecule has 1 aliphatic carbocycles. The Morgan fingerprint density at radius 2 is 1.81 bits per heavy atom. The number of amides is 3. The van der Waals surface area contributed by atoms with Crippen molar-refractivity contribution in [3.8, 4) is 0 Å². The molecule has 0 aromatic rings. The Kier molecular flexibility index (Phi) is 5.03. The quantitative estimate of drug-likeness (QED) is 0.640. The highest BCUT2D eigenvalue weighted by atomic mass is 16.4. The number of likely N-dealkylation sites (tertiary alicyclic amines) is 1. The van der Waals surface area contributed by atoms with Gasteiger partial charge >= 0.3 is 12.0 Å². The van der Waals surface area contributed by atoms with E-state index in [1.165, 1.54) is 4.90 Å². The summed E-state index contributed by atoms with van der Waals surface area (Å²) < 4.78 is 0. The number of rotatable bonds is 5. The monoisotopic (exact) mass is 297 g/mol. The summed E-state index contributed by atoms with van der Waals surface area (Å²) in [5.74, 6) is -0.452. The Labute approximate surface area is 124 Å². The Morgan fingerprint density at radius 3 is 2.43 bits per heavy atom. The predicted octanol–water partition coefficient (Wildman–Crippen LogP) is 0.407. The molecule has 118 valence electrons. The number of piperidine rings is 1. The lowest BCUT2D eigenvalue weighted by Gasteiger charge is -2.35. The SMILES string of the molecule is CC1CCN(C(=O)NCCNC(=O)C2CC2)C(C(=O)O)C1. The molecule has 3 N–H and O–H groups in total. The van der Waals surface area contributed by atoms with E-state index in [4.69, 9.17) is 0 Å². The number of carboxylic acids is 1. The number of nitrogens with one attached hydrogen (secondary N) is 2. The zero-order valence-electron chi connectivity index (χ0n) is 12.3. The van der Waals surface area contributed by atoms with Crippen molar-refractivity contribution in [1.82, 2.24) is 15.5 Å². The minimum Gasteiger partial charge on any atom is -0.480 e. The van der Waals surface area contributed by atoms with Gasteiger partial charge < -0.3 is 20.6 Å². The van der Waals surface area contributed by atoms with Gasteiger partial charge in [0.1, 0.15) is 6.04 Å². The molecule has 1 saturated heterocycles. The Morgan fingerprint density at radius 1 is 1.14 bits per heavy atom. The van der Waals surface area contributed by atoms with Crippen LogP contribution >= 0.6 is 0 Å². The molecule has 0 aromatic carbocycles. The molecule has 0 spiro atoms. The van der Waals surface area contributed by atoms with Gasteiger partial charge in [-0.05, 0) is 31.6 Å². The largest absolute Gasteiger partial charge is 0.480 e. The summed E-state index contributed by atoms with van der Waals surface area (Å²) in [7, 11) is 0. The molecule has 2 rings (SSSR count). The normalized spacial score (nSPS) is 25.3. The van der Waals surface area contributed by atoms with E-state index in [1.807, 2.05) is 6.92 Å². The van der Waals surface area contributed by atoms with Gasteiger partial charge in [0.15, 0.2) is 0 Å². The average molecular weight is 297 g/mol. The highest BCUT2D eigenvalue weighted by Gasteiger charge is 2.34. The summed E-state index contributed by atoms with van der Waals surface area (Å²) >= 11 is 0. The zero-order valence-corrected chi connectivity index (χ0v) is 12.3. The smallest absolute Gasteiger partial charge is 0.326 e. The predicted molar refractivity (Wildman–Crippen MR) is 75.7 cm³/mol. The van der Waals surface area contributed by atoms with Crippen LogP contribution in [0.3, 0.4) is 0 Å². The molecule has 2 fully saturated rings. The third-order valence-electron chi connectivity index (χ3n) is 4.06. The number of nitrogens with zero attached hydrogens (tertiary/aromatic N) is 1. The van der Waals surface area contributed by atoms with Crippen LogP contribution in [0.15, 0.2) is 0 Å². The van der Waals surface area contributed by atoms with Crippen molar-refractivity contribution >= 4 is 17.9 Å². The summed E-state index contributed by atoms with van der Waals surface area (Å²) in [6.07, 6.45) is 3.20. The standard InChI is InChI=1S/C14H23N3O4/c1-9-4-7-17(11(8-9)13(19)20)14(21)16-6-5-15-12(18)10-2-3-10/h9-11H,2-8H2,1H3,(H,15,18)(H,16,21)(H,19,20). The van der Waals surface area contributed by atoms with Gasteiger partial charge in [-0.1, -0.05) is 6.92 Å². The van der Waals surface area contributed by atoms with Gasteiger partial charge in [-0.15, -0.1) is 0 Å². The van der Waals surface area contributed by atoms with Crippen LogP contribution in [-0.2, 0) is 9.59 Å². The van der Waals surface area contributed by atoms with E-state index in [2.05, 4.69) is 10.6 Å². The van der Waals surface area contributed by atoms with Crippen LogP contribution in [0, 0.1) is 11.8 Å². The molecule has 0 aromatic heterocycles. The second-order valence-corrected chi connectivity index (χ2v) is 5.97. The van der Waals surface area contributed by atoms with E-state index in [9.17, 15) is 19.5 Å². The molecular formula is C14H23N3O4. The fraction of sp³-hybridized carbons (Fsp3) is 0.786. The van der Waals surface area contributed by atoms with Crippen LogP contribution in [0.5, 0.6) is 0 Å². The molecule has 7 nitrogen and oxygen atoms in total. The first-order chi connectivity index (χ1) is 9.99. The minimum absolute atomic E-state index is 0.0412. The topological polar surface area (TPSA) is 98.7 Å². The van der Waals surface area contributed by atoms with Crippen LogP contribution in [0.1, 0.15) is 32.6 Å². The fourth-order valence-corrected chi connectivity index (χ4v) is 2.57. The molecule has 21 heavy (non-hydrogen) atoms. The molecule has 0 radical (unpaired) electrons. The molecule has 1 heterocycles. The van der Waals surface area contributed by atoms with Crippen molar-refractivity contribution in [2.45, 2.75) is 38.6 Å². The van der Waals surface area contributed by atoms with Crippen molar-refractivity contribution in [1.29, 1.82) is 0 Å². The Balaban J connectivity index is 1.73. The van der Waals surface area contributed by atoms with Crippen molar-refractivity contribution in [2.75, 3.05) is 19.6 Å². The van der Waals surface area contributed by atoms with E-state index >= 15 is 0 Å². The van der Waals surface area contributed by atoms with Crippen molar-refractivity contribution in [3.05, 3.63) is 0 Å². The van der Waals surface area contributed by atoms with E-state index < -0.39 is 12.0 Å². The number of carbonyl (C=O) groups excluding carboxylic acids is 2. The minimum atomic E-state index is -0.960. The van der Waals surface area contributed by atoms with Gasteiger partial charge in [0.05, 0.1) is 0 Å².